The summed E-state index contributed by atoms with van der Waals surface area (Å²) < 4.78 is 44.4. The lowest BCUT2D eigenvalue weighted by atomic mass is 10.3. The summed E-state index contributed by atoms with van der Waals surface area (Å²) in [7, 11) is 0. The molecule has 0 amide bonds. The molecule has 0 unspecified atom stereocenters. The molecule has 1 aromatic heterocycles. The molecule has 0 bridgehead atoms. The Hall–Kier alpha value is -1.83. The molecule has 0 aliphatic carbocycles. The molecule has 0 aromatic carbocycles. The molecule has 1 N–H and O–H groups in total. The summed E-state index contributed by atoms with van der Waals surface area (Å²) in [5.41, 5.74) is -0.298. The Balaban J connectivity index is 2.38. The average molecular weight is 265 g/mol. The van der Waals surface area contributed by atoms with Crippen molar-refractivity contribution in [3.8, 4) is 5.75 Å². The van der Waals surface area contributed by atoms with Gasteiger partial charge in [0, 0.05) is 6.20 Å². The first-order chi connectivity index (χ1) is 8.40. The molecule has 0 fully saturated rings. The molecular formula is C10H10F3NO4. The van der Waals surface area contributed by atoms with E-state index in [4.69, 9.17) is 9.84 Å². The Kier molecular flexibility index (Phi) is 4.90. The number of aromatic nitrogens is 1. The van der Waals surface area contributed by atoms with Crippen molar-refractivity contribution in [2.45, 2.75) is 6.18 Å². The molecule has 0 atom stereocenters. The lowest BCUT2D eigenvalue weighted by Crippen LogP contribution is -2.19. The highest BCUT2D eigenvalue weighted by atomic mass is 19.4. The average Bonchev–Trinajstić information content (AvgIpc) is 2.27. The van der Waals surface area contributed by atoms with E-state index in [1.807, 2.05) is 0 Å². The van der Waals surface area contributed by atoms with E-state index in [0.717, 1.165) is 0 Å². The maximum Gasteiger partial charge on any atom is 0.411 e. The number of nitrogens with zero attached hydrogens (tertiary/aromatic N) is 1. The number of alkyl halides is 3. The van der Waals surface area contributed by atoms with Gasteiger partial charge in [0.15, 0.2) is 11.4 Å². The largest absolute Gasteiger partial charge is 0.489 e. The van der Waals surface area contributed by atoms with Gasteiger partial charge in [0.2, 0.25) is 0 Å². The lowest BCUT2D eigenvalue weighted by molar-refractivity contribution is -0.175. The molecule has 0 aliphatic rings. The van der Waals surface area contributed by atoms with Crippen LogP contribution in [0, 0.1) is 0 Å². The van der Waals surface area contributed by atoms with Gasteiger partial charge in [-0.2, -0.15) is 13.2 Å². The van der Waals surface area contributed by atoms with Gasteiger partial charge in [0.05, 0.1) is 6.61 Å². The van der Waals surface area contributed by atoms with Gasteiger partial charge in [-0.3, -0.25) is 0 Å². The minimum Gasteiger partial charge on any atom is -0.489 e. The lowest BCUT2D eigenvalue weighted by Gasteiger charge is -2.09. The Bertz CT molecular complexity index is 408. The van der Waals surface area contributed by atoms with Crippen LogP contribution in [0.5, 0.6) is 5.75 Å². The van der Waals surface area contributed by atoms with Gasteiger partial charge < -0.3 is 14.6 Å². The van der Waals surface area contributed by atoms with Crippen LogP contribution in [0.25, 0.3) is 0 Å². The first kappa shape index (κ1) is 14.2. The number of hydrogen-bond donors (Lipinski definition) is 1. The molecule has 8 heteroatoms. The minimum absolute atomic E-state index is 0.0133. The fraction of sp³-hybridized carbons (Fsp3) is 0.400. The van der Waals surface area contributed by atoms with Crippen LogP contribution in [-0.2, 0) is 4.74 Å². The molecule has 0 aliphatic heterocycles. The minimum atomic E-state index is -4.39. The molecule has 0 spiro atoms. The number of ether oxygens (including phenoxy) is 2. The topological polar surface area (TPSA) is 68.7 Å². The molecule has 18 heavy (non-hydrogen) atoms. The van der Waals surface area contributed by atoms with Gasteiger partial charge in [-0.25, -0.2) is 9.78 Å². The smallest absolute Gasteiger partial charge is 0.411 e. The van der Waals surface area contributed by atoms with E-state index in [9.17, 15) is 18.0 Å². The number of halogens is 3. The molecule has 0 saturated carbocycles. The zero-order valence-electron chi connectivity index (χ0n) is 9.11. The number of rotatable bonds is 6. The summed E-state index contributed by atoms with van der Waals surface area (Å²) in [5, 5.41) is 8.75. The van der Waals surface area contributed by atoms with E-state index in [0.29, 0.717) is 0 Å². The van der Waals surface area contributed by atoms with Crippen molar-refractivity contribution in [1.82, 2.24) is 4.98 Å². The van der Waals surface area contributed by atoms with Gasteiger partial charge in [0.1, 0.15) is 13.2 Å². The van der Waals surface area contributed by atoms with Crippen LogP contribution in [0.4, 0.5) is 13.2 Å². The standard InChI is InChI=1S/C10H10F3NO4/c11-10(12,13)6-17-4-5-18-7-2-1-3-14-8(7)9(15)16/h1-3H,4-6H2,(H,15,16). The molecule has 5 nitrogen and oxygen atoms in total. The summed E-state index contributed by atoms with van der Waals surface area (Å²) in [6.45, 7) is -1.86. The van der Waals surface area contributed by atoms with Crippen LogP contribution in [0.1, 0.15) is 10.5 Å². The molecule has 0 saturated heterocycles. The number of hydrogen-bond acceptors (Lipinski definition) is 4. The normalized spacial score (nSPS) is 11.3. The first-order valence-electron chi connectivity index (χ1n) is 4.86. The highest BCUT2D eigenvalue weighted by Gasteiger charge is 2.27. The van der Waals surface area contributed by atoms with Crippen LogP contribution in [0.3, 0.4) is 0 Å². The van der Waals surface area contributed by atoms with Crippen molar-refractivity contribution in [3.63, 3.8) is 0 Å². The van der Waals surface area contributed by atoms with Crippen molar-refractivity contribution in [2.24, 2.45) is 0 Å². The maximum atomic E-state index is 11.7. The van der Waals surface area contributed by atoms with E-state index >= 15 is 0 Å². The summed E-state index contributed by atoms with van der Waals surface area (Å²) in [6, 6.07) is 2.82. The second-order valence-corrected chi connectivity index (χ2v) is 3.17. The molecule has 100 valence electrons. The predicted molar refractivity (Wildman–Crippen MR) is 53.6 cm³/mol. The molecule has 1 heterocycles. The summed E-state index contributed by atoms with van der Waals surface area (Å²) in [4.78, 5) is 14.3. The van der Waals surface area contributed by atoms with Crippen molar-refractivity contribution in [1.29, 1.82) is 0 Å². The van der Waals surface area contributed by atoms with E-state index < -0.39 is 18.8 Å². The van der Waals surface area contributed by atoms with Gasteiger partial charge in [-0.05, 0) is 12.1 Å². The molecule has 1 rings (SSSR count). The van der Waals surface area contributed by atoms with Crippen molar-refractivity contribution in [2.75, 3.05) is 19.8 Å². The van der Waals surface area contributed by atoms with Gasteiger partial charge in [0.25, 0.3) is 0 Å². The van der Waals surface area contributed by atoms with Crippen LogP contribution in [-0.4, -0.2) is 42.1 Å². The highest BCUT2D eigenvalue weighted by Crippen LogP contribution is 2.16. The van der Waals surface area contributed by atoms with Crippen LogP contribution in [0.15, 0.2) is 18.3 Å². The molecule has 0 radical (unpaired) electrons. The Labute approximate surface area is 100 Å². The zero-order chi connectivity index (χ0) is 13.6. The van der Waals surface area contributed by atoms with E-state index in [1.165, 1.54) is 18.3 Å². The third-order valence-corrected chi connectivity index (χ3v) is 1.72. The van der Waals surface area contributed by atoms with Gasteiger partial charge in [-0.1, -0.05) is 0 Å². The number of carboxylic acid groups (broad SMARTS) is 1. The van der Waals surface area contributed by atoms with E-state index in [1.54, 1.807) is 0 Å². The van der Waals surface area contributed by atoms with Crippen LogP contribution in [0.2, 0.25) is 0 Å². The Morgan fingerprint density at radius 1 is 1.39 bits per heavy atom. The van der Waals surface area contributed by atoms with Gasteiger partial charge in [-0.15, -0.1) is 0 Å². The predicted octanol–water partition coefficient (Wildman–Crippen LogP) is 1.74. The summed E-state index contributed by atoms with van der Waals surface area (Å²) in [5.74, 6) is -1.29. The quantitative estimate of drug-likeness (QED) is 0.793. The second-order valence-electron chi connectivity index (χ2n) is 3.17. The van der Waals surface area contributed by atoms with E-state index in [-0.39, 0.29) is 24.7 Å². The molecular weight excluding hydrogens is 255 g/mol. The van der Waals surface area contributed by atoms with Crippen molar-refractivity contribution < 1.29 is 32.5 Å². The second kappa shape index (κ2) is 6.20. The third-order valence-electron chi connectivity index (χ3n) is 1.72. The summed E-state index contributed by atoms with van der Waals surface area (Å²) in [6.07, 6.45) is -3.11. The number of pyridine rings is 1. The number of carboxylic acids is 1. The number of carbonyl (C=O) groups is 1. The monoisotopic (exact) mass is 265 g/mol. The Morgan fingerprint density at radius 3 is 2.72 bits per heavy atom. The van der Waals surface area contributed by atoms with Crippen LogP contribution < -0.4 is 4.74 Å². The zero-order valence-corrected chi connectivity index (χ0v) is 9.11. The number of aromatic carboxylic acids is 1. The first-order valence-corrected chi connectivity index (χ1v) is 4.86. The third kappa shape index (κ3) is 5.00. The van der Waals surface area contributed by atoms with Crippen molar-refractivity contribution in [3.05, 3.63) is 24.0 Å². The summed E-state index contributed by atoms with van der Waals surface area (Å²) >= 11 is 0. The Morgan fingerprint density at radius 2 is 2.11 bits per heavy atom. The maximum absolute atomic E-state index is 11.7. The van der Waals surface area contributed by atoms with Gasteiger partial charge >= 0.3 is 12.1 Å². The fourth-order valence-corrected chi connectivity index (χ4v) is 1.07. The SMILES string of the molecule is O=C(O)c1ncccc1OCCOCC(F)(F)F. The molecule has 1 aromatic rings. The highest BCUT2D eigenvalue weighted by molar-refractivity contribution is 5.88. The van der Waals surface area contributed by atoms with Crippen LogP contribution >= 0.6 is 0 Å². The van der Waals surface area contributed by atoms with Crippen molar-refractivity contribution >= 4 is 5.97 Å². The van der Waals surface area contributed by atoms with E-state index in [2.05, 4.69) is 9.72 Å². The fourth-order valence-electron chi connectivity index (χ4n) is 1.07.